The van der Waals surface area contributed by atoms with E-state index in [0.29, 0.717) is 6.61 Å². The van der Waals surface area contributed by atoms with Gasteiger partial charge in [0, 0.05) is 46.0 Å². The first-order valence-corrected chi connectivity index (χ1v) is 10.7. The number of rotatable bonds is 8. The van der Waals surface area contributed by atoms with Gasteiger partial charge >= 0.3 is 0 Å². The molecule has 3 rings (SSSR count). The Kier molecular flexibility index (Phi) is 10.7. The van der Waals surface area contributed by atoms with Crippen LogP contribution in [0.5, 0.6) is 11.5 Å². The van der Waals surface area contributed by atoms with Crippen LogP contribution in [0.3, 0.4) is 0 Å². The number of piperazine rings is 1. The van der Waals surface area contributed by atoms with Crippen LogP contribution in [-0.4, -0.2) is 69.3 Å². The van der Waals surface area contributed by atoms with Crippen LogP contribution in [0.15, 0.2) is 47.6 Å². The zero-order valence-corrected chi connectivity index (χ0v) is 21.0. The van der Waals surface area contributed by atoms with Gasteiger partial charge in [0.25, 0.3) is 0 Å². The van der Waals surface area contributed by atoms with Gasteiger partial charge in [0.2, 0.25) is 0 Å². The summed E-state index contributed by atoms with van der Waals surface area (Å²) in [5.41, 5.74) is 1.25. The molecule has 31 heavy (non-hydrogen) atoms. The Morgan fingerprint density at radius 3 is 2.58 bits per heavy atom. The molecule has 1 fully saturated rings. The number of aromatic nitrogens is 1. The van der Waals surface area contributed by atoms with E-state index in [1.807, 2.05) is 38.4 Å². The van der Waals surface area contributed by atoms with Crippen molar-refractivity contribution in [1.82, 2.24) is 15.2 Å². The molecule has 2 heterocycles. The van der Waals surface area contributed by atoms with Crippen LogP contribution in [0.1, 0.15) is 18.9 Å². The number of benzene rings is 1. The fourth-order valence-electron chi connectivity index (χ4n) is 3.66. The van der Waals surface area contributed by atoms with E-state index in [2.05, 4.69) is 43.3 Å². The summed E-state index contributed by atoms with van der Waals surface area (Å²) in [5, 5.41) is 3.51. The van der Waals surface area contributed by atoms with Crippen molar-refractivity contribution in [3.05, 3.63) is 48.2 Å². The molecule has 0 bridgehead atoms. The third-order valence-electron chi connectivity index (χ3n) is 5.22. The third-order valence-corrected chi connectivity index (χ3v) is 5.22. The Morgan fingerprint density at radius 1 is 1.13 bits per heavy atom. The van der Waals surface area contributed by atoms with Crippen LogP contribution in [0.4, 0.5) is 5.82 Å². The molecular weight excluding hydrogens is 505 g/mol. The van der Waals surface area contributed by atoms with Crippen molar-refractivity contribution in [3.8, 4) is 11.5 Å². The maximum atomic E-state index is 5.68. The van der Waals surface area contributed by atoms with E-state index in [1.165, 1.54) is 5.56 Å². The molecule has 0 amide bonds. The number of guanidine groups is 1. The summed E-state index contributed by atoms with van der Waals surface area (Å²) in [4.78, 5) is 13.6. The first kappa shape index (κ1) is 25.0. The molecular formula is C23H34IN5O2. The number of pyridine rings is 1. The summed E-state index contributed by atoms with van der Waals surface area (Å²) in [6, 6.07) is 12.2. The average Bonchev–Trinajstić information content (AvgIpc) is 2.80. The number of anilines is 1. The number of hydrogen-bond acceptors (Lipinski definition) is 5. The first-order valence-electron chi connectivity index (χ1n) is 10.7. The van der Waals surface area contributed by atoms with Crippen molar-refractivity contribution < 1.29 is 9.47 Å². The van der Waals surface area contributed by atoms with E-state index in [4.69, 9.17) is 9.47 Å². The van der Waals surface area contributed by atoms with Crippen LogP contribution < -0.4 is 19.7 Å². The lowest BCUT2D eigenvalue weighted by atomic mass is 10.1. The molecule has 1 saturated heterocycles. The van der Waals surface area contributed by atoms with Crippen molar-refractivity contribution >= 4 is 35.8 Å². The number of hydrogen-bond donors (Lipinski definition) is 1. The van der Waals surface area contributed by atoms with Crippen molar-refractivity contribution in [1.29, 1.82) is 0 Å². The van der Waals surface area contributed by atoms with E-state index in [-0.39, 0.29) is 24.0 Å². The molecule has 1 aliphatic rings. The number of aryl methyl sites for hydroxylation is 1. The van der Waals surface area contributed by atoms with Crippen LogP contribution in [-0.2, 0) is 6.42 Å². The second kappa shape index (κ2) is 13.2. The lowest BCUT2D eigenvalue weighted by molar-refractivity contribution is 0.310. The third kappa shape index (κ3) is 7.15. The molecule has 1 aromatic heterocycles. The molecule has 0 atom stereocenters. The second-order valence-corrected chi connectivity index (χ2v) is 7.16. The topological polar surface area (TPSA) is 62.2 Å². The van der Waals surface area contributed by atoms with Gasteiger partial charge in [-0.3, -0.25) is 4.99 Å². The highest BCUT2D eigenvalue weighted by Gasteiger charge is 2.20. The summed E-state index contributed by atoms with van der Waals surface area (Å²) in [7, 11) is 3.52. The van der Waals surface area contributed by atoms with Crippen LogP contribution in [0.25, 0.3) is 0 Å². The Morgan fingerprint density at radius 2 is 1.94 bits per heavy atom. The molecule has 0 unspecified atom stereocenters. The molecule has 0 radical (unpaired) electrons. The molecule has 2 aromatic rings. The molecule has 7 nitrogen and oxygen atoms in total. The first-order chi connectivity index (χ1) is 14.7. The number of aliphatic imine (C=N–C) groups is 1. The molecule has 1 aliphatic heterocycles. The lowest BCUT2D eigenvalue weighted by Gasteiger charge is -2.37. The van der Waals surface area contributed by atoms with Gasteiger partial charge in [-0.25, -0.2) is 4.98 Å². The van der Waals surface area contributed by atoms with Gasteiger partial charge in [0.05, 0.1) is 13.7 Å². The van der Waals surface area contributed by atoms with Crippen LogP contribution in [0, 0.1) is 0 Å². The largest absolute Gasteiger partial charge is 0.493 e. The SMILES string of the molecule is CCOc1cc(CCCNC(=NC)N2CCN(c3ccccn3)CC2)ccc1OC.I. The number of nitrogens with zero attached hydrogens (tertiary/aromatic N) is 4. The highest BCUT2D eigenvalue weighted by molar-refractivity contribution is 14.0. The minimum Gasteiger partial charge on any atom is -0.493 e. The molecule has 8 heteroatoms. The lowest BCUT2D eigenvalue weighted by Crippen LogP contribution is -2.52. The van der Waals surface area contributed by atoms with Crippen LogP contribution >= 0.6 is 24.0 Å². The minimum atomic E-state index is 0. The number of halogens is 1. The van der Waals surface area contributed by atoms with Gasteiger partial charge in [-0.05, 0) is 49.6 Å². The highest BCUT2D eigenvalue weighted by Crippen LogP contribution is 2.28. The average molecular weight is 539 g/mol. The number of methoxy groups -OCH3 is 1. The fourth-order valence-corrected chi connectivity index (χ4v) is 3.66. The van der Waals surface area contributed by atoms with E-state index >= 15 is 0 Å². The molecule has 0 saturated carbocycles. The van der Waals surface area contributed by atoms with Gasteiger partial charge in [-0.2, -0.15) is 0 Å². The highest BCUT2D eigenvalue weighted by atomic mass is 127. The summed E-state index contributed by atoms with van der Waals surface area (Å²) in [6.45, 7) is 7.26. The predicted molar refractivity (Wildman–Crippen MR) is 137 cm³/mol. The molecule has 0 spiro atoms. The zero-order chi connectivity index (χ0) is 21.2. The normalized spacial score (nSPS) is 14.1. The zero-order valence-electron chi connectivity index (χ0n) is 18.7. The molecule has 1 N–H and O–H groups in total. The van der Waals surface area contributed by atoms with E-state index in [1.54, 1.807) is 7.11 Å². The smallest absolute Gasteiger partial charge is 0.193 e. The Labute approximate surface area is 202 Å². The van der Waals surface area contributed by atoms with Gasteiger partial charge < -0.3 is 24.6 Å². The monoisotopic (exact) mass is 539 g/mol. The standard InChI is InChI=1S/C23H33N5O2.HI/c1-4-30-21-18-19(10-11-20(21)29-3)8-7-13-26-23(24-2)28-16-14-27(15-17-28)22-9-5-6-12-25-22;/h5-6,9-12,18H,4,7-8,13-17H2,1-3H3,(H,24,26);1H. The quantitative estimate of drug-likeness (QED) is 0.240. The Bertz CT molecular complexity index is 811. The second-order valence-electron chi connectivity index (χ2n) is 7.16. The maximum absolute atomic E-state index is 5.68. The Balaban J connectivity index is 0.00000341. The van der Waals surface area contributed by atoms with Crippen molar-refractivity contribution in [2.45, 2.75) is 19.8 Å². The fraction of sp³-hybridized carbons (Fsp3) is 0.478. The summed E-state index contributed by atoms with van der Waals surface area (Å²) in [6.07, 6.45) is 3.84. The van der Waals surface area contributed by atoms with Crippen LogP contribution in [0.2, 0.25) is 0 Å². The summed E-state index contributed by atoms with van der Waals surface area (Å²) in [5.74, 6) is 3.61. The number of nitrogens with one attached hydrogen (secondary N) is 1. The summed E-state index contributed by atoms with van der Waals surface area (Å²) < 4.78 is 11.0. The van der Waals surface area contributed by atoms with Gasteiger partial charge in [0.1, 0.15) is 5.82 Å². The van der Waals surface area contributed by atoms with E-state index in [0.717, 1.165) is 68.8 Å². The molecule has 1 aromatic carbocycles. The van der Waals surface area contributed by atoms with Crippen molar-refractivity contribution in [3.63, 3.8) is 0 Å². The van der Waals surface area contributed by atoms with Gasteiger partial charge in [0.15, 0.2) is 17.5 Å². The Hall–Kier alpha value is -2.23. The van der Waals surface area contributed by atoms with E-state index < -0.39 is 0 Å². The predicted octanol–water partition coefficient (Wildman–Crippen LogP) is 3.44. The van der Waals surface area contributed by atoms with Crippen molar-refractivity contribution in [2.75, 3.05) is 58.4 Å². The van der Waals surface area contributed by atoms with Gasteiger partial charge in [-0.15, -0.1) is 24.0 Å². The summed E-state index contributed by atoms with van der Waals surface area (Å²) >= 11 is 0. The minimum absolute atomic E-state index is 0. The molecule has 0 aliphatic carbocycles. The van der Waals surface area contributed by atoms with Crippen molar-refractivity contribution in [2.24, 2.45) is 4.99 Å². The van der Waals surface area contributed by atoms with E-state index in [9.17, 15) is 0 Å². The molecule has 170 valence electrons. The maximum Gasteiger partial charge on any atom is 0.193 e. The van der Waals surface area contributed by atoms with Gasteiger partial charge in [-0.1, -0.05) is 12.1 Å². The number of ether oxygens (including phenoxy) is 2.